The largest absolute Gasteiger partial charge is 0.496 e. The van der Waals surface area contributed by atoms with Crippen LogP contribution < -0.4 is 14.8 Å². The molecule has 1 aromatic heterocycles. The number of anilines is 1. The zero-order chi connectivity index (χ0) is 22.1. The van der Waals surface area contributed by atoms with Gasteiger partial charge >= 0.3 is 5.97 Å². The van der Waals surface area contributed by atoms with Crippen LogP contribution in [-0.4, -0.2) is 56.8 Å². The Kier molecular flexibility index (Phi) is 8.16. The number of carbonyl (C=O) groups excluding carboxylic acids is 2. The molecule has 0 saturated carbocycles. The highest BCUT2D eigenvalue weighted by Crippen LogP contribution is 2.37. The monoisotopic (exact) mass is 421 g/mol. The van der Waals surface area contributed by atoms with Gasteiger partial charge < -0.3 is 28.8 Å². The average molecular weight is 421 g/mol. The second-order valence-electron chi connectivity index (χ2n) is 6.60. The van der Waals surface area contributed by atoms with E-state index >= 15 is 0 Å². The Morgan fingerprint density at radius 2 is 1.83 bits per heavy atom. The van der Waals surface area contributed by atoms with Crippen LogP contribution in [0, 0.1) is 0 Å². The number of amides is 1. The van der Waals surface area contributed by atoms with Gasteiger partial charge in [0.15, 0.2) is 5.76 Å². The second-order valence-corrected chi connectivity index (χ2v) is 6.60. The average Bonchev–Trinajstić information content (AvgIpc) is 3.22. The molecule has 164 valence electrons. The van der Waals surface area contributed by atoms with Crippen molar-refractivity contribution >= 4 is 17.7 Å². The summed E-state index contributed by atoms with van der Waals surface area (Å²) in [6.07, 6.45) is 0.992. The molecule has 1 aromatic carbocycles. The van der Waals surface area contributed by atoms with Gasteiger partial charge in [-0.1, -0.05) is 18.1 Å². The lowest BCUT2D eigenvalue weighted by Crippen LogP contribution is -2.34. The number of nitrogens with zero attached hydrogens (tertiary/aromatic N) is 2. The van der Waals surface area contributed by atoms with Crippen molar-refractivity contribution in [2.24, 2.45) is 0 Å². The SMILES string of the molecule is CCC(CCOC)(COC(C)=O)c1onnc1NC(=O)c1c(OC)cccc1OC. The van der Waals surface area contributed by atoms with E-state index in [1.165, 1.54) is 21.1 Å². The van der Waals surface area contributed by atoms with Crippen LogP contribution in [-0.2, 0) is 19.7 Å². The third kappa shape index (κ3) is 5.07. The zero-order valence-electron chi connectivity index (χ0n) is 17.8. The van der Waals surface area contributed by atoms with E-state index in [2.05, 4.69) is 15.7 Å². The molecule has 0 aliphatic carbocycles. The summed E-state index contributed by atoms with van der Waals surface area (Å²) in [5, 5.41) is 10.3. The summed E-state index contributed by atoms with van der Waals surface area (Å²) in [6.45, 7) is 3.64. The van der Waals surface area contributed by atoms with E-state index in [9.17, 15) is 9.59 Å². The molecule has 0 spiro atoms. The molecule has 30 heavy (non-hydrogen) atoms. The Hall–Kier alpha value is -3.14. The number of methoxy groups -OCH3 is 3. The summed E-state index contributed by atoms with van der Waals surface area (Å²) < 4.78 is 26.5. The highest BCUT2D eigenvalue weighted by molar-refractivity contribution is 6.08. The van der Waals surface area contributed by atoms with Crippen LogP contribution in [0.1, 0.15) is 42.8 Å². The Morgan fingerprint density at radius 3 is 2.37 bits per heavy atom. The van der Waals surface area contributed by atoms with Crippen LogP contribution in [0.25, 0.3) is 0 Å². The second kappa shape index (κ2) is 10.6. The lowest BCUT2D eigenvalue weighted by Gasteiger charge is -2.29. The Bertz CT molecular complexity index is 846. The maximum atomic E-state index is 13.0. The molecule has 1 unspecified atom stereocenters. The van der Waals surface area contributed by atoms with Crippen LogP contribution in [0.5, 0.6) is 11.5 Å². The number of hydrogen-bond acceptors (Lipinski definition) is 9. The highest BCUT2D eigenvalue weighted by atomic mass is 16.5. The molecule has 1 amide bonds. The minimum atomic E-state index is -0.779. The van der Waals surface area contributed by atoms with Gasteiger partial charge in [0.1, 0.15) is 23.7 Å². The standard InChI is InChI=1S/C20H27N3O7/c1-6-20(10-11-26-3,12-29-13(2)24)17-18(22-23-30-17)21-19(25)16-14(27-4)8-7-9-15(16)28-5/h7-9H,6,10-12H2,1-5H3,(H,21,25). The third-order valence-corrected chi connectivity index (χ3v) is 4.87. The maximum Gasteiger partial charge on any atom is 0.302 e. The van der Waals surface area contributed by atoms with Crippen molar-refractivity contribution in [3.8, 4) is 11.5 Å². The van der Waals surface area contributed by atoms with Gasteiger partial charge in [0.2, 0.25) is 5.82 Å². The molecule has 10 nitrogen and oxygen atoms in total. The predicted molar refractivity (Wildman–Crippen MR) is 107 cm³/mol. The number of ether oxygens (including phenoxy) is 4. The molecule has 0 saturated heterocycles. The Balaban J connectivity index is 2.41. The molecule has 0 radical (unpaired) electrons. The molecule has 1 N–H and O–H groups in total. The van der Waals surface area contributed by atoms with Crippen LogP contribution in [0.4, 0.5) is 5.82 Å². The van der Waals surface area contributed by atoms with Crippen LogP contribution >= 0.6 is 0 Å². The van der Waals surface area contributed by atoms with Gasteiger partial charge in [0.05, 0.1) is 19.6 Å². The number of benzene rings is 1. The first-order valence-corrected chi connectivity index (χ1v) is 9.39. The summed E-state index contributed by atoms with van der Waals surface area (Å²) in [5.74, 6) is 0.160. The normalized spacial score (nSPS) is 12.7. The quantitative estimate of drug-likeness (QED) is 0.545. The van der Waals surface area contributed by atoms with Gasteiger partial charge in [0.25, 0.3) is 5.91 Å². The minimum absolute atomic E-state index is 0.0277. The molecule has 0 aliphatic heterocycles. The van der Waals surface area contributed by atoms with Crippen molar-refractivity contribution < 1.29 is 33.1 Å². The number of hydrogen-bond donors (Lipinski definition) is 1. The molecule has 0 bridgehead atoms. The van der Waals surface area contributed by atoms with Gasteiger partial charge in [0, 0.05) is 25.9 Å². The number of nitrogens with one attached hydrogen (secondary N) is 1. The van der Waals surface area contributed by atoms with Crippen molar-refractivity contribution in [1.82, 2.24) is 10.4 Å². The predicted octanol–water partition coefficient (Wildman–Crippen LogP) is 2.59. The van der Waals surface area contributed by atoms with Gasteiger partial charge in [-0.25, -0.2) is 0 Å². The first-order valence-electron chi connectivity index (χ1n) is 9.39. The molecule has 10 heteroatoms. The maximum absolute atomic E-state index is 13.0. The summed E-state index contributed by atoms with van der Waals surface area (Å²) in [6, 6.07) is 5.01. The van der Waals surface area contributed by atoms with Crippen LogP contribution in [0.15, 0.2) is 22.7 Å². The first-order chi connectivity index (χ1) is 14.4. The fraction of sp³-hybridized carbons (Fsp3) is 0.500. The zero-order valence-corrected chi connectivity index (χ0v) is 17.8. The number of esters is 1. The molecule has 1 heterocycles. The number of carbonyl (C=O) groups is 2. The summed E-state index contributed by atoms with van der Waals surface area (Å²) >= 11 is 0. The molecule has 0 fully saturated rings. The summed E-state index contributed by atoms with van der Waals surface area (Å²) in [7, 11) is 4.49. The first kappa shape index (κ1) is 23.1. The van der Waals surface area contributed by atoms with E-state index in [0.29, 0.717) is 36.7 Å². The molecule has 2 rings (SSSR count). The van der Waals surface area contributed by atoms with E-state index in [0.717, 1.165) is 0 Å². The number of aromatic nitrogens is 2. The van der Waals surface area contributed by atoms with Gasteiger partial charge in [-0.3, -0.25) is 9.59 Å². The molecule has 0 aliphatic rings. The minimum Gasteiger partial charge on any atom is -0.496 e. The van der Waals surface area contributed by atoms with Gasteiger partial charge in [-0.05, 0) is 25.0 Å². The van der Waals surface area contributed by atoms with Crippen LogP contribution in [0.3, 0.4) is 0 Å². The Labute approximate surface area is 174 Å². The summed E-state index contributed by atoms with van der Waals surface area (Å²) in [5.41, 5.74) is -0.575. The van der Waals surface area contributed by atoms with E-state index in [1.807, 2.05) is 6.92 Å². The molecular formula is C20H27N3O7. The topological polar surface area (TPSA) is 122 Å². The molecular weight excluding hydrogens is 394 g/mol. The summed E-state index contributed by atoms with van der Waals surface area (Å²) in [4.78, 5) is 24.5. The third-order valence-electron chi connectivity index (χ3n) is 4.87. The lowest BCUT2D eigenvalue weighted by molar-refractivity contribution is -0.143. The molecule has 1 atom stereocenters. The smallest absolute Gasteiger partial charge is 0.302 e. The van der Waals surface area contributed by atoms with Gasteiger partial charge in [-0.2, -0.15) is 0 Å². The lowest BCUT2D eigenvalue weighted by atomic mass is 9.80. The number of rotatable bonds is 11. The van der Waals surface area contributed by atoms with Crippen molar-refractivity contribution in [2.75, 3.05) is 39.9 Å². The fourth-order valence-electron chi connectivity index (χ4n) is 3.09. The van der Waals surface area contributed by atoms with Crippen molar-refractivity contribution in [2.45, 2.75) is 32.1 Å². The van der Waals surface area contributed by atoms with Crippen molar-refractivity contribution in [1.29, 1.82) is 0 Å². The van der Waals surface area contributed by atoms with E-state index < -0.39 is 17.3 Å². The van der Waals surface area contributed by atoms with Crippen LogP contribution in [0.2, 0.25) is 0 Å². The van der Waals surface area contributed by atoms with Gasteiger partial charge in [-0.15, -0.1) is 0 Å². The molecule has 2 aromatic rings. The van der Waals surface area contributed by atoms with E-state index in [4.69, 9.17) is 23.5 Å². The fourth-order valence-corrected chi connectivity index (χ4v) is 3.09. The van der Waals surface area contributed by atoms with Crippen molar-refractivity contribution in [3.05, 3.63) is 29.5 Å². The Morgan fingerprint density at radius 1 is 1.17 bits per heavy atom. The van der Waals surface area contributed by atoms with Crippen molar-refractivity contribution in [3.63, 3.8) is 0 Å². The van der Waals surface area contributed by atoms with E-state index in [1.54, 1.807) is 25.3 Å². The highest BCUT2D eigenvalue weighted by Gasteiger charge is 2.39. The van der Waals surface area contributed by atoms with E-state index in [-0.39, 0.29) is 18.0 Å².